The summed E-state index contributed by atoms with van der Waals surface area (Å²) in [5.74, 6) is 1.69. The van der Waals surface area contributed by atoms with Gasteiger partial charge in [-0.3, -0.25) is 9.59 Å². The summed E-state index contributed by atoms with van der Waals surface area (Å²) in [6, 6.07) is 15.3. The van der Waals surface area contributed by atoms with Gasteiger partial charge in [0.2, 0.25) is 5.91 Å². The zero-order valence-electron chi connectivity index (χ0n) is 19.4. The second-order valence-corrected chi connectivity index (χ2v) is 8.58. The number of likely N-dealkylation sites (tertiary alicyclic amines) is 1. The number of methoxy groups -OCH3 is 2. The first-order valence-electron chi connectivity index (χ1n) is 11.4. The van der Waals surface area contributed by atoms with E-state index in [-0.39, 0.29) is 23.7 Å². The summed E-state index contributed by atoms with van der Waals surface area (Å²) in [4.78, 5) is 30.9. The monoisotopic (exact) mass is 449 g/mol. The molecule has 1 atom stereocenters. The minimum atomic E-state index is -0.113. The Bertz CT molecular complexity index is 1130. The molecule has 0 bridgehead atoms. The molecule has 7 heteroatoms. The summed E-state index contributed by atoms with van der Waals surface area (Å²) in [5.41, 5.74) is 2.42. The van der Waals surface area contributed by atoms with Gasteiger partial charge in [-0.25, -0.2) is 0 Å². The summed E-state index contributed by atoms with van der Waals surface area (Å²) in [6.45, 7) is 3.71. The Balaban J connectivity index is 1.31. The van der Waals surface area contributed by atoms with Gasteiger partial charge >= 0.3 is 0 Å². The number of nitrogens with zero attached hydrogens (tertiary/aromatic N) is 1. The Kier molecular flexibility index (Phi) is 6.87. The maximum absolute atomic E-state index is 13.0. The number of aromatic amines is 1. The number of hydrogen-bond donors (Lipinski definition) is 2. The van der Waals surface area contributed by atoms with Gasteiger partial charge in [0.25, 0.3) is 5.91 Å². The van der Waals surface area contributed by atoms with Crippen LogP contribution < -0.4 is 14.8 Å². The fourth-order valence-electron chi connectivity index (χ4n) is 4.53. The summed E-state index contributed by atoms with van der Waals surface area (Å²) in [6.07, 6.45) is 1.62. The lowest BCUT2D eigenvalue weighted by atomic mass is 9.84. The van der Waals surface area contributed by atoms with Crippen molar-refractivity contribution in [3.05, 3.63) is 59.8 Å². The van der Waals surface area contributed by atoms with E-state index in [1.165, 1.54) is 0 Å². The van der Waals surface area contributed by atoms with Gasteiger partial charge in [0.15, 0.2) is 0 Å². The summed E-state index contributed by atoms with van der Waals surface area (Å²) in [7, 11) is 3.26. The van der Waals surface area contributed by atoms with Crippen molar-refractivity contribution < 1.29 is 19.1 Å². The molecule has 0 spiro atoms. The van der Waals surface area contributed by atoms with Crippen LogP contribution in [0.2, 0.25) is 0 Å². The van der Waals surface area contributed by atoms with Gasteiger partial charge in [0.1, 0.15) is 17.2 Å². The Morgan fingerprint density at radius 3 is 2.58 bits per heavy atom. The van der Waals surface area contributed by atoms with Crippen LogP contribution in [0.4, 0.5) is 0 Å². The van der Waals surface area contributed by atoms with Crippen molar-refractivity contribution in [2.24, 2.45) is 11.8 Å². The number of amides is 2. The lowest BCUT2D eigenvalue weighted by Gasteiger charge is -2.34. The van der Waals surface area contributed by atoms with Crippen LogP contribution in [0, 0.1) is 11.8 Å². The number of ether oxygens (including phenoxy) is 2. The number of piperidine rings is 1. The molecule has 33 heavy (non-hydrogen) atoms. The molecule has 174 valence electrons. The van der Waals surface area contributed by atoms with E-state index in [1.807, 2.05) is 60.4 Å². The molecule has 1 fully saturated rings. The van der Waals surface area contributed by atoms with E-state index >= 15 is 0 Å². The van der Waals surface area contributed by atoms with Crippen molar-refractivity contribution in [3.63, 3.8) is 0 Å². The van der Waals surface area contributed by atoms with Gasteiger partial charge in [-0.05, 0) is 43.0 Å². The Labute approximate surface area is 194 Å². The largest absolute Gasteiger partial charge is 0.497 e. The van der Waals surface area contributed by atoms with Crippen molar-refractivity contribution in [2.45, 2.75) is 26.3 Å². The lowest BCUT2D eigenvalue weighted by molar-refractivity contribution is -0.126. The number of benzene rings is 2. The second-order valence-electron chi connectivity index (χ2n) is 8.58. The summed E-state index contributed by atoms with van der Waals surface area (Å²) >= 11 is 0. The molecule has 2 N–H and O–H groups in total. The van der Waals surface area contributed by atoms with E-state index in [9.17, 15) is 9.59 Å². The number of aromatic nitrogens is 1. The highest BCUT2D eigenvalue weighted by molar-refractivity contribution is 5.98. The number of carbonyl (C=O) groups is 2. The predicted molar refractivity (Wildman–Crippen MR) is 127 cm³/mol. The summed E-state index contributed by atoms with van der Waals surface area (Å²) in [5, 5.41) is 4.02. The Morgan fingerprint density at radius 2 is 1.85 bits per heavy atom. The number of carbonyl (C=O) groups excluding carboxylic acids is 2. The van der Waals surface area contributed by atoms with Crippen LogP contribution in [-0.4, -0.2) is 49.0 Å². The minimum absolute atomic E-state index is 0.00288. The highest BCUT2D eigenvalue weighted by atomic mass is 16.5. The van der Waals surface area contributed by atoms with E-state index in [0.29, 0.717) is 25.3 Å². The van der Waals surface area contributed by atoms with Crippen LogP contribution in [-0.2, 0) is 11.3 Å². The predicted octanol–water partition coefficient (Wildman–Crippen LogP) is 3.99. The minimum Gasteiger partial charge on any atom is -0.497 e. The van der Waals surface area contributed by atoms with E-state index in [4.69, 9.17) is 9.47 Å². The van der Waals surface area contributed by atoms with Crippen molar-refractivity contribution in [2.75, 3.05) is 27.3 Å². The molecule has 0 aliphatic carbocycles. The SMILES string of the molecule is COc1ccc2cc(C(=O)N3CCC(C(C)C(=O)NCc4ccccc4OC)CC3)[nH]c2c1. The average Bonchev–Trinajstić information content (AvgIpc) is 3.30. The molecule has 0 radical (unpaired) electrons. The Morgan fingerprint density at radius 1 is 1.09 bits per heavy atom. The highest BCUT2D eigenvalue weighted by Crippen LogP contribution is 2.27. The molecule has 1 unspecified atom stereocenters. The van der Waals surface area contributed by atoms with Crippen LogP contribution in [0.3, 0.4) is 0 Å². The third-order valence-electron chi connectivity index (χ3n) is 6.65. The number of rotatable bonds is 7. The lowest BCUT2D eigenvalue weighted by Crippen LogP contribution is -2.42. The van der Waals surface area contributed by atoms with Crippen LogP contribution in [0.25, 0.3) is 10.9 Å². The fourth-order valence-corrected chi connectivity index (χ4v) is 4.53. The smallest absolute Gasteiger partial charge is 0.270 e. The topological polar surface area (TPSA) is 83.7 Å². The zero-order valence-corrected chi connectivity index (χ0v) is 19.4. The number of fused-ring (bicyclic) bond motifs is 1. The molecule has 7 nitrogen and oxygen atoms in total. The molecule has 3 aromatic rings. The van der Waals surface area contributed by atoms with Crippen LogP contribution >= 0.6 is 0 Å². The zero-order chi connectivity index (χ0) is 23.4. The molecular formula is C26H31N3O4. The van der Waals surface area contributed by atoms with Gasteiger partial charge < -0.3 is 24.7 Å². The first-order valence-corrected chi connectivity index (χ1v) is 11.4. The molecule has 2 amide bonds. The molecule has 1 aliphatic rings. The molecule has 1 aliphatic heterocycles. The number of nitrogens with one attached hydrogen (secondary N) is 2. The van der Waals surface area contributed by atoms with Gasteiger partial charge in [-0.2, -0.15) is 0 Å². The van der Waals surface area contributed by atoms with E-state index < -0.39 is 0 Å². The number of H-pyrrole nitrogens is 1. The van der Waals surface area contributed by atoms with E-state index in [1.54, 1.807) is 14.2 Å². The van der Waals surface area contributed by atoms with Crippen molar-refractivity contribution in [1.82, 2.24) is 15.2 Å². The molecule has 4 rings (SSSR count). The fraction of sp³-hybridized carbons (Fsp3) is 0.385. The average molecular weight is 450 g/mol. The standard InChI is InChI=1S/C26H31N3O4/c1-17(25(30)27-16-20-6-4-5-7-24(20)33-3)18-10-12-29(13-11-18)26(31)23-14-19-8-9-21(32-2)15-22(19)28-23/h4-9,14-15,17-18,28H,10-13,16H2,1-3H3,(H,27,30). The Hall–Kier alpha value is -3.48. The van der Waals surface area contributed by atoms with Gasteiger partial charge in [-0.1, -0.05) is 25.1 Å². The van der Waals surface area contributed by atoms with Gasteiger partial charge in [0.05, 0.1) is 14.2 Å². The van der Waals surface area contributed by atoms with E-state index in [2.05, 4.69) is 10.3 Å². The molecule has 1 saturated heterocycles. The van der Waals surface area contributed by atoms with Crippen LogP contribution in [0.15, 0.2) is 48.5 Å². The van der Waals surface area contributed by atoms with Crippen LogP contribution in [0.5, 0.6) is 11.5 Å². The first-order chi connectivity index (χ1) is 16.0. The normalized spacial score (nSPS) is 15.3. The van der Waals surface area contributed by atoms with Crippen LogP contribution in [0.1, 0.15) is 35.8 Å². The van der Waals surface area contributed by atoms with Gasteiger partial charge in [-0.15, -0.1) is 0 Å². The third kappa shape index (κ3) is 4.97. The maximum Gasteiger partial charge on any atom is 0.270 e. The maximum atomic E-state index is 13.0. The first kappa shape index (κ1) is 22.7. The molecule has 2 heterocycles. The third-order valence-corrected chi connectivity index (χ3v) is 6.65. The highest BCUT2D eigenvalue weighted by Gasteiger charge is 2.30. The number of hydrogen-bond acceptors (Lipinski definition) is 4. The van der Waals surface area contributed by atoms with Gasteiger partial charge in [0, 0.05) is 48.1 Å². The molecule has 0 saturated carbocycles. The molecule has 1 aromatic heterocycles. The quantitative estimate of drug-likeness (QED) is 0.571. The molecular weight excluding hydrogens is 418 g/mol. The summed E-state index contributed by atoms with van der Waals surface area (Å²) < 4.78 is 10.6. The van der Waals surface area contributed by atoms with Crippen molar-refractivity contribution in [3.8, 4) is 11.5 Å². The van der Waals surface area contributed by atoms with Crippen molar-refractivity contribution in [1.29, 1.82) is 0 Å². The van der Waals surface area contributed by atoms with Crippen molar-refractivity contribution >= 4 is 22.7 Å². The van der Waals surface area contributed by atoms with E-state index in [0.717, 1.165) is 40.8 Å². The molecule has 2 aromatic carbocycles. The second kappa shape index (κ2) is 9.98. The number of para-hydroxylation sites is 1.